The van der Waals surface area contributed by atoms with Crippen LogP contribution in [-0.4, -0.2) is 43.3 Å². The van der Waals surface area contributed by atoms with Crippen molar-refractivity contribution in [1.82, 2.24) is 10.2 Å². The molecule has 3 heteroatoms. The van der Waals surface area contributed by atoms with Crippen molar-refractivity contribution in [2.75, 3.05) is 32.9 Å². The Morgan fingerprint density at radius 2 is 1.88 bits per heavy atom. The van der Waals surface area contributed by atoms with Crippen molar-refractivity contribution in [2.24, 2.45) is 5.92 Å². The van der Waals surface area contributed by atoms with Gasteiger partial charge in [-0.25, -0.2) is 0 Å². The summed E-state index contributed by atoms with van der Waals surface area (Å²) < 4.78 is 12.0. The Labute approximate surface area is 99.6 Å². The number of halogens is 1. The molecule has 16 heavy (non-hydrogen) atoms. The monoisotopic (exact) mass is 230 g/mol. The SMILES string of the molecule is CC(C)(C)NCC1CCN(CCCF)CC1. The molecule has 0 unspecified atom stereocenters. The maximum atomic E-state index is 12.0. The zero-order valence-corrected chi connectivity index (χ0v) is 11.1. The summed E-state index contributed by atoms with van der Waals surface area (Å²) in [6.45, 7) is 10.8. The fourth-order valence-corrected chi connectivity index (χ4v) is 2.15. The minimum absolute atomic E-state index is 0.175. The number of likely N-dealkylation sites (tertiary alicyclic amines) is 1. The van der Waals surface area contributed by atoms with E-state index in [-0.39, 0.29) is 12.2 Å². The van der Waals surface area contributed by atoms with Gasteiger partial charge in [-0.1, -0.05) is 0 Å². The van der Waals surface area contributed by atoms with Crippen LogP contribution >= 0.6 is 0 Å². The van der Waals surface area contributed by atoms with Crippen molar-refractivity contribution in [2.45, 2.75) is 45.6 Å². The van der Waals surface area contributed by atoms with Crippen molar-refractivity contribution >= 4 is 0 Å². The molecule has 96 valence electrons. The smallest absolute Gasteiger partial charge is 0.0906 e. The van der Waals surface area contributed by atoms with Crippen molar-refractivity contribution in [1.29, 1.82) is 0 Å². The van der Waals surface area contributed by atoms with Crippen LogP contribution in [0.2, 0.25) is 0 Å². The summed E-state index contributed by atoms with van der Waals surface area (Å²) >= 11 is 0. The molecular weight excluding hydrogens is 203 g/mol. The predicted octanol–water partition coefficient (Wildman–Crippen LogP) is 2.45. The van der Waals surface area contributed by atoms with E-state index in [1.54, 1.807) is 0 Å². The minimum atomic E-state index is -0.175. The summed E-state index contributed by atoms with van der Waals surface area (Å²) in [4.78, 5) is 2.40. The van der Waals surface area contributed by atoms with Crippen LogP contribution in [0.3, 0.4) is 0 Å². The highest BCUT2D eigenvalue weighted by atomic mass is 19.1. The maximum absolute atomic E-state index is 12.0. The van der Waals surface area contributed by atoms with E-state index in [2.05, 4.69) is 31.0 Å². The van der Waals surface area contributed by atoms with Crippen molar-refractivity contribution < 1.29 is 4.39 Å². The standard InChI is InChI=1S/C13H27FN2/c1-13(2,3)15-11-12-5-9-16(10-6-12)8-4-7-14/h12,15H,4-11H2,1-3H3. The second kappa shape index (κ2) is 6.55. The third-order valence-electron chi connectivity index (χ3n) is 3.24. The number of hydrogen-bond acceptors (Lipinski definition) is 2. The largest absolute Gasteiger partial charge is 0.312 e. The summed E-state index contributed by atoms with van der Waals surface area (Å²) in [6.07, 6.45) is 3.22. The molecule has 1 saturated heterocycles. The molecule has 2 nitrogen and oxygen atoms in total. The highest BCUT2D eigenvalue weighted by Gasteiger charge is 2.20. The summed E-state index contributed by atoms with van der Waals surface area (Å²) in [5.41, 5.74) is 0.228. The molecule has 0 atom stereocenters. The lowest BCUT2D eigenvalue weighted by Gasteiger charge is -2.33. The molecule has 0 radical (unpaired) electrons. The van der Waals surface area contributed by atoms with E-state index in [4.69, 9.17) is 0 Å². The molecule has 0 saturated carbocycles. The fraction of sp³-hybridized carbons (Fsp3) is 1.00. The first kappa shape index (κ1) is 13.9. The molecule has 0 aromatic heterocycles. The average molecular weight is 230 g/mol. The molecular formula is C13H27FN2. The molecule has 1 aliphatic heterocycles. The van der Waals surface area contributed by atoms with Crippen LogP contribution in [0.25, 0.3) is 0 Å². The average Bonchev–Trinajstić information content (AvgIpc) is 2.24. The normalized spacial score (nSPS) is 20.2. The van der Waals surface area contributed by atoms with Gasteiger partial charge >= 0.3 is 0 Å². The third kappa shape index (κ3) is 5.80. The molecule has 1 fully saturated rings. The number of alkyl halides is 1. The number of hydrogen-bond donors (Lipinski definition) is 1. The van der Waals surface area contributed by atoms with Gasteiger partial charge in [0, 0.05) is 12.1 Å². The second-order valence-corrected chi connectivity index (χ2v) is 5.96. The van der Waals surface area contributed by atoms with E-state index in [1.165, 1.54) is 12.8 Å². The number of rotatable bonds is 5. The molecule has 0 aromatic carbocycles. The van der Waals surface area contributed by atoms with Crippen LogP contribution in [0.1, 0.15) is 40.0 Å². The number of nitrogens with one attached hydrogen (secondary N) is 1. The van der Waals surface area contributed by atoms with Gasteiger partial charge in [0.25, 0.3) is 0 Å². The van der Waals surface area contributed by atoms with Crippen LogP contribution in [-0.2, 0) is 0 Å². The van der Waals surface area contributed by atoms with Crippen LogP contribution in [0.4, 0.5) is 4.39 Å². The zero-order valence-electron chi connectivity index (χ0n) is 11.1. The summed E-state index contributed by atoms with van der Waals surface area (Å²) in [5.74, 6) is 0.806. The number of piperidine rings is 1. The van der Waals surface area contributed by atoms with Gasteiger partial charge in [-0.2, -0.15) is 0 Å². The number of nitrogens with zero attached hydrogens (tertiary/aromatic N) is 1. The fourth-order valence-electron chi connectivity index (χ4n) is 2.15. The Bertz CT molecular complexity index is 181. The van der Waals surface area contributed by atoms with Gasteiger partial charge in [0.05, 0.1) is 6.67 Å². The van der Waals surface area contributed by atoms with Gasteiger partial charge in [-0.05, 0) is 65.6 Å². The zero-order chi connectivity index (χ0) is 12.0. The van der Waals surface area contributed by atoms with E-state index < -0.39 is 0 Å². The predicted molar refractivity (Wildman–Crippen MR) is 67.5 cm³/mol. The second-order valence-electron chi connectivity index (χ2n) is 5.96. The highest BCUT2D eigenvalue weighted by molar-refractivity contribution is 4.77. The Morgan fingerprint density at radius 1 is 1.25 bits per heavy atom. The first-order chi connectivity index (χ1) is 7.51. The summed E-state index contributed by atoms with van der Waals surface area (Å²) in [5, 5.41) is 3.57. The van der Waals surface area contributed by atoms with Crippen LogP contribution in [0, 0.1) is 5.92 Å². The lowest BCUT2D eigenvalue weighted by atomic mass is 9.95. The van der Waals surface area contributed by atoms with Gasteiger partial charge in [-0.3, -0.25) is 4.39 Å². The lowest BCUT2D eigenvalue weighted by molar-refractivity contribution is 0.171. The molecule has 1 N–H and O–H groups in total. The van der Waals surface area contributed by atoms with E-state index in [9.17, 15) is 4.39 Å². The van der Waals surface area contributed by atoms with Gasteiger partial charge in [-0.15, -0.1) is 0 Å². The van der Waals surface area contributed by atoms with Gasteiger partial charge in [0.1, 0.15) is 0 Å². The Hall–Kier alpha value is -0.150. The Kier molecular flexibility index (Phi) is 5.70. The molecule has 0 aromatic rings. The molecule has 0 bridgehead atoms. The molecule has 1 rings (SSSR count). The van der Waals surface area contributed by atoms with Gasteiger partial charge < -0.3 is 10.2 Å². The lowest BCUT2D eigenvalue weighted by Crippen LogP contribution is -2.43. The van der Waals surface area contributed by atoms with E-state index in [0.717, 1.165) is 32.1 Å². The Morgan fingerprint density at radius 3 is 2.38 bits per heavy atom. The van der Waals surface area contributed by atoms with Crippen molar-refractivity contribution in [3.05, 3.63) is 0 Å². The topological polar surface area (TPSA) is 15.3 Å². The maximum Gasteiger partial charge on any atom is 0.0906 e. The first-order valence-electron chi connectivity index (χ1n) is 6.54. The molecule has 0 amide bonds. The van der Waals surface area contributed by atoms with Crippen LogP contribution in [0.5, 0.6) is 0 Å². The quantitative estimate of drug-likeness (QED) is 0.780. The van der Waals surface area contributed by atoms with E-state index in [0.29, 0.717) is 6.42 Å². The van der Waals surface area contributed by atoms with Crippen LogP contribution in [0.15, 0.2) is 0 Å². The summed E-state index contributed by atoms with van der Waals surface area (Å²) in [6, 6.07) is 0. The molecule has 1 aliphatic rings. The van der Waals surface area contributed by atoms with E-state index in [1.807, 2.05) is 0 Å². The van der Waals surface area contributed by atoms with Gasteiger partial charge in [0.15, 0.2) is 0 Å². The molecule has 1 heterocycles. The van der Waals surface area contributed by atoms with Crippen LogP contribution < -0.4 is 5.32 Å². The van der Waals surface area contributed by atoms with Crippen molar-refractivity contribution in [3.8, 4) is 0 Å². The third-order valence-corrected chi connectivity index (χ3v) is 3.24. The molecule has 0 aliphatic carbocycles. The Balaban J connectivity index is 2.12. The van der Waals surface area contributed by atoms with E-state index >= 15 is 0 Å². The summed E-state index contributed by atoms with van der Waals surface area (Å²) in [7, 11) is 0. The van der Waals surface area contributed by atoms with Gasteiger partial charge in [0.2, 0.25) is 0 Å². The molecule has 0 spiro atoms. The highest BCUT2D eigenvalue weighted by Crippen LogP contribution is 2.17. The van der Waals surface area contributed by atoms with Crippen molar-refractivity contribution in [3.63, 3.8) is 0 Å². The first-order valence-corrected chi connectivity index (χ1v) is 6.54. The minimum Gasteiger partial charge on any atom is -0.312 e.